The Morgan fingerprint density at radius 2 is 1.60 bits per heavy atom. The van der Waals surface area contributed by atoms with Crippen molar-refractivity contribution in [3.63, 3.8) is 0 Å². The summed E-state index contributed by atoms with van der Waals surface area (Å²) in [4.78, 5) is 10.3. The van der Waals surface area contributed by atoms with E-state index in [9.17, 15) is 4.79 Å². The molecule has 1 heteroatoms. The predicted molar refractivity (Wildman–Crippen MR) is 67.0 cm³/mol. The second-order valence-corrected chi connectivity index (χ2v) is 4.27. The maximum atomic E-state index is 10.3. The first kappa shape index (κ1) is 14.4. The van der Waals surface area contributed by atoms with E-state index in [1.165, 1.54) is 51.4 Å². The van der Waals surface area contributed by atoms with Crippen molar-refractivity contribution in [2.45, 2.75) is 65.2 Å². The molecule has 0 aromatic rings. The lowest BCUT2D eigenvalue weighted by Crippen LogP contribution is -1.97. The highest BCUT2D eigenvalue weighted by Crippen LogP contribution is 2.18. The molecule has 0 saturated carbocycles. The number of rotatable bonds is 10. The van der Waals surface area contributed by atoms with E-state index in [1.54, 1.807) is 6.08 Å². The number of carbonyl (C=O) groups excluding carboxylic acids is 1. The van der Waals surface area contributed by atoms with E-state index in [2.05, 4.69) is 19.9 Å². The zero-order valence-corrected chi connectivity index (χ0v) is 10.4. The summed E-state index contributed by atoms with van der Waals surface area (Å²) in [6, 6.07) is 0. The lowest BCUT2D eigenvalue weighted by molar-refractivity contribution is -0.104. The van der Waals surface area contributed by atoms with E-state index >= 15 is 0 Å². The Labute approximate surface area is 95.0 Å². The summed E-state index contributed by atoms with van der Waals surface area (Å²) >= 11 is 0. The van der Waals surface area contributed by atoms with Crippen molar-refractivity contribution in [1.82, 2.24) is 0 Å². The standard InChI is InChI=1S/C14H26O/c1-3-5-7-8-11-14(10-6-4-2)12-9-13-15/h9,12-14H,3-8,10-11H2,1-2H3/b12-9+. The van der Waals surface area contributed by atoms with E-state index in [1.807, 2.05) is 0 Å². The van der Waals surface area contributed by atoms with Gasteiger partial charge in [0.25, 0.3) is 0 Å². The van der Waals surface area contributed by atoms with Crippen molar-refractivity contribution in [1.29, 1.82) is 0 Å². The Balaban J connectivity index is 3.68. The average molecular weight is 210 g/mol. The summed E-state index contributed by atoms with van der Waals surface area (Å²) < 4.78 is 0. The van der Waals surface area contributed by atoms with Gasteiger partial charge in [0.1, 0.15) is 6.29 Å². The number of hydrogen-bond acceptors (Lipinski definition) is 1. The topological polar surface area (TPSA) is 17.1 Å². The molecular formula is C14H26O. The van der Waals surface area contributed by atoms with Crippen LogP contribution >= 0.6 is 0 Å². The molecule has 88 valence electrons. The Bertz CT molecular complexity index is 161. The minimum Gasteiger partial charge on any atom is -0.299 e. The molecule has 0 aliphatic carbocycles. The molecule has 0 bridgehead atoms. The minimum absolute atomic E-state index is 0.631. The highest BCUT2D eigenvalue weighted by atomic mass is 16.1. The summed E-state index contributed by atoms with van der Waals surface area (Å²) in [6.07, 6.45) is 15.0. The molecule has 0 heterocycles. The van der Waals surface area contributed by atoms with Gasteiger partial charge < -0.3 is 0 Å². The fourth-order valence-corrected chi connectivity index (χ4v) is 1.84. The third-order valence-corrected chi connectivity index (χ3v) is 2.82. The van der Waals surface area contributed by atoms with Crippen molar-refractivity contribution in [3.05, 3.63) is 12.2 Å². The second kappa shape index (κ2) is 11.5. The lowest BCUT2D eigenvalue weighted by atomic mass is 9.95. The van der Waals surface area contributed by atoms with Gasteiger partial charge in [0.2, 0.25) is 0 Å². The molecule has 1 atom stereocenters. The first-order valence-electron chi connectivity index (χ1n) is 6.47. The lowest BCUT2D eigenvalue weighted by Gasteiger charge is -2.11. The van der Waals surface area contributed by atoms with Crippen LogP contribution in [0, 0.1) is 5.92 Å². The maximum Gasteiger partial charge on any atom is 0.142 e. The monoisotopic (exact) mass is 210 g/mol. The highest BCUT2D eigenvalue weighted by molar-refractivity contribution is 5.64. The zero-order valence-electron chi connectivity index (χ0n) is 10.4. The van der Waals surface area contributed by atoms with Crippen molar-refractivity contribution in [2.75, 3.05) is 0 Å². The maximum absolute atomic E-state index is 10.3. The third kappa shape index (κ3) is 9.71. The molecule has 1 unspecified atom stereocenters. The Hall–Kier alpha value is -0.590. The predicted octanol–water partition coefficient (Wildman–Crippen LogP) is 4.52. The molecule has 0 fully saturated rings. The molecule has 0 spiro atoms. The van der Waals surface area contributed by atoms with Gasteiger partial charge in [-0.25, -0.2) is 0 Å². The molecule has 15 heavy (non-hydrogen) atoms. The molecule has 0 aromatic heterocycles. The number of unbranched alkanes of at least 4 members (excludes halogenated alkanes) is 4. The van der Waals surface area contributed by atoms with Crippen LogP contribution < -0.4 is 0 Å². The van der Waals surface area contributed by atoms with Gasteiger partial charge in [0.15, 0.2) is 0 Å². The Morgan fingerprint density at radius 3 is 2.20 bits per heavy atom. The van der Waals surface area contributed by atoms with Gasteiger partial charge in [-0.2, -0.15) is 0 Å². The largest absolute Gasteiger partial charge is 0.299 e. The number of carbonyl (C=O) groups is 1. The fourth-order valence-electron chi connectivity index (χ4n) is 1.84. The molecule has 0 saturated heterocycles. The third-order valence-electron chi connectivity index (χ3n) is 2.82. The van der Waals surface area contributed by atoms with Crippen LogP contribution in [0.3, 0.4) is 0 Å². The van der Waals surface area contributed by atoms with E-state index in [0.717, 1.165) is 6.29 Å². The molecular weight excluding hydrogens is 184 g/mol. The number of aldehydes is 1. The summed E-state index contributed by atoms with van der Waals surface area (Å²) in [5.41, 5.74) is 0. The number of allylic oxidation sites excluding steroid dienone is 2. The molecule has 0 aromatic carbocycles. The van der Waals surface area contributed by atoms with Gasteiger partial charge in [0.05, 0.1) is 0 Å². The van der Waals surface area contributed by atoms with Gasteiger partial charge in [-0.15, -0.1) is 0 Å². The van der Waals surface area contributed by atoms with Crippen molar-refractivity contribution >= 4 is 6.29 Å². The average Bonchev–Trinajstić information content (AvgIpc) is 2.27. The van der Waals surface area contributed by atoms with Crippen LogP contribution in [0.4, 0.5) is 0 Å². The van der Waals surface area contributed by atoms with Crippen molar-refractivity contribution in [3.8, 4) is 0 Å². The van der Waals surface area contributed by atoms with E-state index in [4.69, 9.17) is 0 Å². The quantitative estimate of drug-likeness (QED) is 0.294. The summed E-state index contributed by atoms with van der Waals surface area (Å²) in [5, 5.41) is 0. The SMILES string of the molecule is CCCCCCC(/C=C/C=O)CCCC. The summed E-state index contributed by atoms with van der Waals surface area (Å²) in [5.74, 6) is 0.631. The fraction of sp³-hybridized carbons (Fsp3) is 0.786. The summed E-state index contributed by atoms with van der Waals surface area (Å²) in [7, 11) is 0. The molecule has 0 N–H and O–H groups in total. The first-order valence-corrected chi connectivity index (χ1v) is 6.47. The van der Waals surface area contributed by atoms with Gasteiger partial charge in [-0.1, -0.05) is 58.4 Å². The van der Waals surface area contributed by atoms with Crippen LogP contribution in [0.1, 0.15) is 65.2 Å². The first-order chi connectivity index (χ1) is 7.35. The minimum atomic E-state index is 0.631. The van der Waals surface area contributed by atoms with E-state index in [0.29, 0.717) is 5.92 Å². The van der Waals surface area contributed by atoms with Gasteiger partial charge >= 0.3 is 0 Å². The summed E-state index contributed by atoms with van der Waals surface area (Å²) in [6.45, 7) is 4.46. The van der Waals surface area contributed by atoms with Crippen LogP contribution in [-0.4, -0.2) is 6.29 Å². The smallest absolute Gasteiger partial charge is 0.142 e. The van der Waals surface area contributed by atoms with Crippen molar-refractivity contribution in [2.24, 2.45) is 5.92 Å². The van der Waals surface area contributed by atoms with E-state index < -0.39 is 0 Å². The van der Waals surface area contributed by atoms with Crippen LogP contribution in [0.15, 0.2) is 12.2 Å². The molecule has 0 rings (SSSR count). The molecule has 0 aliphatic rings. The van der Waals surface area contributed by atoms with Gasteiger partial charge in [0, 0.05) is 0 Å². The molecule has 0 radical (unpaired) electrons. The number of hydrogen-bond donors (Lipinski definition) is 0. The van der Waals surface area contributed by atoms with Crippen LogP contribution in [0.5, 0.6) is 0 Å². The zero-order chi connectivity index (χ0) is 11.4. The Kier molecular flexibility index (Phi) is 11.0. The highest BCUT2D eigenvalue weighted by Gasteiger charge is 2.03. The van der Waals surface area contributed by atoms with Crippen LogP contribution in [0.2, 0.25) is 0 Å². The Morgan fingerprint density at radius 1 is 0.933 bits per heavy atom. The van der Waals surface area contributed by atoms with E-state index in [-0.39, 0.29) is 0 Å². The normalized spacial score (nSPS) is 13.2. The van der Waals surface area contributed by atoms with Gasteiger partial charge in [-0.05, 0) is 24.8 Å². The molecule has 1 nitrogen and oxygen atoms in total. The van der Waals surface area contributed by atoms with Crippen LogP contribution in [-0.2, 0) is 4.79 Å². The van der Waals surface area contributed by atoms with Crippen molar-refractivity contribution < 1.29 is 4.79 Å². The van der Waals surface area contributed by atoms with Gasteiger partial charge in [-0.3, -0.25) is 4.79 Å². The second-order valence-electron chi connectivity index (χ2n) is 4.27. The molecule has 0 aliphatic heterocycles. The van der Waals surface area contributed by atoms with Crippen LogP contribution in [0.25, 0.3) is 0 Å². The molecule has 0 amide bonds.